The van der Waals surface area contributed by atoms with Gasteiger partial charge in [0.25, 0.3) is 0 Å². The molecule has 1 heterocycles. The molecule has 1 aromatic heterocycles. The summed E-state index contributed by atoms with van der Waals surface area (Å²) in [6, 6.07) is 19.2. The van der Waals surface area contributed by atoms with Crippen LogP contribution in [-0.2, 0) is 17.5 Å². The maximum Gasteiger partial charge on any atom is 0.417 e. The molecule has 0 bridgehead atoms. The summed E-state index contributed by atoms with van der Waals surface area (Å²) in [5.41, 5.74) is -0.0848. The number of fused-ring (bicyclic) bond motifs is 1. The summed E-state index contributed by atoms with van der Waals surface area (Å²) in [6.45, 7) is -0.425. The second-order valence-electron chi connectivity index (χ2n) is 6.95. The fourth-order valence-electron chi connectivity index (χ4n) is 3.36. The van der Waals surface area contributed by atoms with Gasteiger partial charge >= 0.3 is 11.9 Å². The second kappa shape index (κ2) is 8.47. The normalized spacial score (nSPS) is 11.5. The summed E-state index contributed by atoms with van der Waals surface area (Å²) in [5.74, 6) is -0.679. The molecule has 162 valence electrons. The standard InChI is InChI=1S/C23H15ClF3N3O2/c24-18-11-10-15(12-17(18)23(25,26)27)28-20(31)13-30-19-9-5-4-8-16(19)21(29-22(30)32)14-6-2-1-3-7-14/h1-12H,13H2,(H,28,31). The molecule has 32 heavy (non-hydrogen) atoms. The second-order valence-corrected chi connectivity index (χ2v) is 7.36. The molecule has 3 aromatic carbocycles. The Morgan fingerprint density at radius 1 is 1.00 bits per heavy atom. The van der Waals surface area contributed by atoms with Crippen molar-refractivity contribution in [2.24, 2.45) is 0 Å². The van der Waals surface area contributed by atoms with Gasteiger partial charge in [0.2, 0.25) is 5.91 Å². The van der Waals surface area contributed by atoms with Crippen molar-refractivity contribution in [1.82, 2.24) is 9.55 Å². The lowest BCUT2D eigenvalue weighted by molar-refractivity contribution is -0.137. The molecular weight excluding hydrogens is 443 g/mol. The van der Waals surface area contributed by atoms with Gasteiger partial charge < -0.3 is 5.32 Å². The third-order valence-corrected chi connectivity index (χ3v) is 5.12. The van der Waals surface area contributed by atoms with E-state index in [0.29, 0.717) is 16.6 Å². The molecular formula is C23H15ClF3N3O2. The lowest BCUT2D eigenvalue weighted by Crippen LogP contribution is -2.30. The minimum Gasteiger partial charge on any atom is -0.325 e. The van der Waals surface area contributed by atoms with E-state index in [-0.39, 0.29) is 5.69 Å². The molecule has 0 spiro atoms. The van der Waals surface area contributed by atoms with Crippen LogP contribution in [0.2, 0.25) is 5.02 Å². The van der Waals surface area contributed by atoms with Crippen LogP contribution in [0, 0.1) is 0 Å². The highest BCUT2D eigenvalue weighted by Crippen LogP contribution is 2.36. The molecule has 1 N–H and O–H groups in total. The van der Waals surface area contributed by atoms with Crippen LogP contribution in [0.3, 0.4) is 0 Å². The number of alkyl halides is 3. The van der Waals surface area contributed by atoms with Crippen molar-refractivity contribution < 1.29 is 18.0 Å². The molecule has 0 aliphatic carbocycles. The van der Waals surface area contributed by atoms with Crippen LogP contribution in [0.1, 0.15) is 5.56 Å². The first-order valence-corrected chi connectivity index (χ1v) is 9.83. The van der Waals surface area contributed by atoms with Crippen LogP contribution in [0.25, 0.3) is 22.2 Å². The average Bonchev–Trinajstić information content (AvgIpc) is 2.76. The zero-order chi connectivity index (χ0) is 22.9. The van der Waals surface area contributed by atoms with Crippen molar-refractivity contribution in [3.05, 3.63) is 93.9 Å². The number of aromatic nitrogens is 2. The molecule has 1 amide bonds. The van der Waals surface area contributed by atoms with Crippen molar-refractivity contribution in [3.8, 4) is 11.3 Å². The van der Waals surface area contributed by atoms with Gasteiger partial charge in [-0.1, -0.05) is 60.1 Å². The number of nitrogens with one attached hydrogen (secondary N) is 1. The Hall–Kier alpha value is -3.65. The molecule has 0 aliphatic rings. The predicted molar refractivity (Wildman–Crippen MR) is 117 cm³/mol. The summed E-state index contributed by atoms with van der Waals surface area (Å²) >= 11 is 5.61. The first-order valence-electron chi connectivity index (χ1n) is 9.45. The number of amides is 1. The monoisotopic (exact) mass is 457 g/mol. The molecule has 0 atom stereocenters. The van der Waals surface area contributed by atoms with Gasteiger partial charge in [-0.05, 0) is 24.3 Å². The Morgan fingerprint density at radius 3 is 2.41 bits per heavy atom. The Kier molecular flexibility index (Phi) is 5.71. The molecule has 9 heteroatoms. The third kappa shape index (κ3) is 4.36. The summed E-state index contributed by atoms with van der Waals surface area (Å²) in [6.07, 6.45) is -4.66. The Morgan fingerprint density at radius 2 is 1.69 bits per heavy atom. The van der Waals surface area contributed by atoms with Gasteiger partial charge in [-0.15, -0.1) is 0 Å². The van der Waals surface area contributed by atoms with E-state index in [9.17, 15) is 22.8 Å². The summed E-state index contributed by atoms with van der Waals surface area (Å²) in [7, 11) is 0. The van der Waals surface area contributed by atoms with Gasteiger partial charge in [-0.3, -0.25) is 9.36 Å². The molecule has 0 aliphatic heterocycles. The van der Waals surface area contributed by atoms with Crippen LogP contribution < -0.4 is 11.0 Å². The van der Waals surface area contributed by atoms with Gasteiger partial charge in [0.1, 0.15) is 6.54 Å². The SMILES string of the molecule is O=C(Cn1c(=O)nc(-c2ccccc2)c2ccccc21)Nc1ccc(Cl)c(C(F)(F)F)c1. The first kappa shape index (κ1) is 21.6. The minimum atomic E-state index is -4.66. The van der Waals surface area contributed by atoms with Gasteiger partial charge in [0.15, 0.2) is 0 Å². The Balaban J connectivity index is 1.68. The third-order valence-electron chi connectivity index (χ3n) is 4.79. The van der Waals surface area contributed by atoms with Crippen molar-refractivity contribution in [3.63, 3.8) is 0 Å². The number of carbonyl (C=O) groups excluding carboxylic acids is 1. The van der Waals surface area contributed by atoms with Crippen LogP contribution in [0.15, 0.2) is 77.6 Å². The van der Waals surface area contributed by atoms with E-state index in [1.807, 2.05) is 30.3 Å². The molecule has 0 saturated heterocycles. The number of hydrogen-bond acceptors (Lipinski definition) is 3. The van der Waals surface area contributed by atoms with Gasteiger partial charge in [0.05, 0.1) is 21.8 Å². The number of hydrogen-bond donors (Lipinski definition) is 1. The number of anilines is 1. The van der Waals surface area contributed by atoms with Crippen molar-refractivity contribution in [2.75, 3.05) is 5.32 Å². The summed E-state index contributed by atoms with van der Waals surface area (Å²) in [4.78, 5) is 29.5. The fourth-order valence-corrected chi connectivity index (χ4v) is 3.59. The number of para-hydroxylation sites is 1. The van der Waals surface area contributed by atoms with Gasteiger partial charge in [-0.2, -0.15) is 18.2 Å². The largest absolute Gasteiger partial charge is 0.417 e. The van der Waals surface area contributed by atoms with E-state index in [1.165, 1.54) is 10.6 Å². The van der Waals surface area contributed by atoms with E-state index >= 15 is 0 Å². The van der Waals surface area contributed by atoms with E-state index in [2.05, 4.69) is 10.3 Å². The van der Waals surface area contributed by atoms with Crippen LogP contribution in [-0.4, -0.2) is 15.5 Å². The van der Waals surface area contributed by atoms with Crippen molar-refractivity contribution >= 4 is 34.1 Å². The zero-order valence-electron chi connectivity index (χ0n) is 16.4. The number of benzene rings is 3. The maximum atomic E-state index is 13.1. The fraction of sp³-hybridized carbons (Fsp3) is 0.0870. The predicted octanol–water partition coefficient (Wildman–Crippen LogP) is 5.37. The minimum absolute atomic E-state index is 0.0852. The topological polar surface area (TPSA) is 64.0 Å². The number of halogens is 4. The lowest BCUT2D eigenvalue weighted by atomic mass is 10.1. The Bertz CT molecular complexity index is 1370. The summed E-state index contributed by atoms with van der Waals surface area (Å²) < 4.78 is 40.4. The smallest absolute Gasteiger partial charge is 0.325 e. The highest BCUT2D eigenvalue weighted by atomic mass is 35.5. The van der Waals surface area contributed by atoms with E-state index in [1.54, 1.807) is 24.3 Å². The van der Waals surface area contributed by atoms with Crippen LogP contribution >= 0.6 is 11.6 Å². The van der Waals surface area contributed by atoms with Crippen LogP contribution in [0.4, 0.5) is 18.9 Å². The molecule has 0 fully saturated rings. The number of nitrogens with zero attached hydrogens (tertiary/aromatic N) is 2. The Labute approximate surface area is 185 Å². The average molecular weight is 458 g/mol. The molecule has 0 radical (unpaired) electrons. The van der Waals surface area contributed by atoms with Crippen molar-refractivity contribution in [1.29, 1.82) is 0 Å². The highest BCUT2D eigenvalue weighted by Gasteiger charge is 2.33. The van der Waals surface area contributed by atoms with E-state index in [4.69, 9.17) is 11.6 Å². The first-order chi connectivity index (χ1) is 15.2. The van der Waals surface area contributed by atoms with Crippen molar-refractivity contribution in [2.45, 2.75) is 12.7 Å². The van der Waals surface area contributed by atoms with E-state index < -0.39 is 34.9 Å². The summed E-state index contributed by atoms with van der Waals surface area (Å²) in [5, 5.41) is 2.57. The number of rotatable bonds is 4. The molecule has 0 saturated carbocycles. The molecule has 4 rings (SSSR count). The molecule has 4 aromatic rings. The van der Waals surface area contributed by atoms with Crippen LogP contribution in [0.5, 0.6) is 0 Å². The molecule has 0 unspecified atom stereocenters. The highest BCUT2D eigenvalue weighted by molar-refractivity contribution is 6.31. The van der Waals surface area contributed by atoms with E-state index in [0.717, 1.165) is 17.7 Å². The zero-order valence-corrected chi connectivity index (χ0v) is 17.1. The maximum absolute atomic E-state index is 13.1. The van der Waals surface area contributed by atoms with Gasteiger partial charge in [0, 0.05) is 16.6 Å². The quantitative estimate of drug-likeness (QED) is 0.448. The molecule has 5 nitrogen and oxygen atoms in total. The van der Waals surface area contributed by atoms with Gasteiger partial charge in [-0.25, -0.2) is 4.79 Å². The lowest BCUT2D eigenvalue weighted by Gasteiger charge is -2.14. The number of carbonyl (C=O) groups is 1.